The highest BCUT2D eigenvalue weighted by Crippen LogP contribution is 2.23. The van der Waals surface area contributed by atoms with Crippen LogP contribution in [0.15, 0.2) is 26.8 Å². The molecule has 1 aliphatic heterocycles. The summed E-state index contributed by atoms with van der Waals surface area (Å²) in [5, 5.41) is 2.13. The second-order valence-electron chi connectivity index (χ2n) is 5.57. The number of furan rings is 1. The fourth-order valence-electron chi connectivity index (χ4n) is 2.79. The van der Waals surface area contributed by atoms with Crippen molar-refractivity contribution in [2.45, 2.75) is 31.7 Å². The van der Waals surface area contributed by atoms with Crippen LogP contribution in [0.2, 0.25) is 0 Å². The molecule has 0 saturated heterocycles. The lowest BCUT2D eigenvalue weighted by atomic mass is 10.1. The molecule has 0 atom stereocenters. The van der Waals surface area contributed by atoms with E-state index >= 15 is 0 Å². The summed E-state index contributed by atoms with van der Waals surface area (Å²) in [6.07, 6.45) is 1.06. The molecule has 120 valence electrons. The van der Waals surface area contributed by atoms with E-state index in [9.17, 15) is 8.42 Å². The van der Waals surface area contributed by atoms with E-state index in [1.165, 1.54) is 10.4 Å². The van der Waals surface area contributed by atoms with Crippen LogP contribution in [0.5, 0.6) is 0 Å². The van der Waals surface area contributed by atoms with E-state index in [0.717, 1.165) is 19.5 Å². The monoisotopic (exact) mass is 340 g/mol. The number of nitrogens with one attached hydrogen (secondary N) is 1. The summed E-state index contributed by atoms with van der Waals surface area (Å²) < 4.78 is 32.5. The van der Waals surface area contributed by atoms with Crippen LogP contribution in [0.3, 0.4) is 0 Å². The van der Waals surface area contributed by atoms with Gasteiger partial charge in [-0.25, -0.2) is 13.1 Å². The Hall–Kier alpha value is -1.15. The topological polar surface area (TPSA) is 62.6 Å². The van der Waals surface area contributed by atoms with E-state index in [1.54, 1.807) is 19.9 Å². The van der Waals surface area contributed by atoms with Gasteiger partial charge in [-0.15, -0.1) is 11.3 Å². The van der Waals surface area contributed by atoms with Crippen LogP contribution in [0.25, 0.3) is 0 Å². The molecular weight excluding hydrogens is 320 g/mol. The first kappa shape index (κ1) is 15.7. The second-order valence-corrected chi connectivity index (χ2v) is 8.31. The predicted molar refractivity (Wildman–Crippen MR) is 86.7 cm³/mol. The fraction of sp³-hybridized carbons (Fsp3) is 0.467. The number of sulfonamides is 1. The second kappa shape index (κ2) is 6.16. The van der Waals surface area contributed by atoms with Crippen molar-refractivity contribution in [1.82, 2.24) is 9.62 Å². The fourth-order valence-corrected chi connectivity index (χ4v) is 4.93. The number of hydrogen-bond acceptors (Lipinski definition) is 5. The number of aryl methyl sites for hydroxylation is 2. The van der Waals surface area contributed by atoms with Gasteiger partial charge in [0.15, 0.2) is 0 Å². The van der Waals surface area contributed by atoms with E-state index in [1.807, 2.05) is 11.3 Å². The molecule has 0 fully saturated rings. The van der Waals surface area contributed by atoms with Gasteiger partial charge in [0.25, 0.3) is 0 Å². The third kappa shape index (κ3) is 3.27. The summed E-state index contributed by atoms with van der Waals surface area (Å²) in [4.78, 5) is 3.98. The third-order valence-corrected chi connectivity index (χ3v) is 6.48. The zero-order valence-electron chi connectivity index (χ0n) is 12.8. The Balaban J connectivity index is 1.56. The maximum atomic E-state index is 12.3. The van der Waals surface area contributed by atoms with Crippen LogP contribution < -0.4 is 4.72 Å². The molecule has 0 aromatic carbocycles. The van der Waals surface area contributed by atoms with Crippen molar-refractivity contribution in [3.05, 3.63) is 39.5 Å². The molecule has 3 heterocycles. The van der Waals surface area contributed by atoms with Gasteiger partial charge in [-0.3, -0.25) is 4.90 Å². The van der Waals surface area contributed by atoms with Gasteiger partial charge in [-0.2, -0.15) is 0 Å². The van der Waals surface area contributed by atoms with E-state index in [0.29, 0.717) is 24.6 Å². The maximum Gasteiger partial charge on any atom is 0.244 e. The highest BCUT2D eigenvalue weighted by Gasteiger charge is 2.21. The van der Waals surface area contributed by atoms with Gasteiger partial charge < -0.3 is 4.42 Å². The Labute approximate surface area is 135 Å². The Kier molecular flexibility index (Phi) is 4.40. The molecule has 1 aliphatic rings. The average Bonchev–Trinajstić information content (AvgIpc) is 3.04. The molecule has 0 bridgehead atoms. The van der Waals surface area contributed by atoms with E-state index < -0.39 is 10.0 Å². The van der Waals surface area contributed by atoms with Gasteiger partial charge in [-0.05, 0) is 43.3 Å². The number of hydrogen-bond donors (Lipinski definition) is 1. The van der Waals surface area contributed by atoms with Crippen molar-refractivity contribution in [3.8, 4) is 0 Å². The first-order valence-electron chi connectivity index (χ1n) is 7.30. The van der Waals surface area contributed by atoms with E-state index in [-0.39, 0.29) is 4.90 Å². The van der Waals surface area contributed by atoms with Crippen LogP contribution in [0, 0.1) is 13.8 Å². The van der Waals surface area contributed by atoms with Crippen LogP contribution in [-0.4, -0.2) is 33.0 Å². The maximum absolute atomic E-state index is 12.3. The SMILES string of the molecule is Cc1cc(S(=O)(=O)NCCN2CCc3sccc3C2)c(C)o1. The minimum Gasteiger partial charge on any atom is -0.465 e. The zero-order chi connectivity index (χ0) is 15.7. The number of nitrogens with zero attached hydrogens (tertiary/aromatic N) is 1. The molecule has 0 radical (unpaired) electrons. The smallest absolute Gasteiger partial charge is 0.244 e. The largest absolute Gasteiger partial charge is 0.465 e. The molecule has 0 aliphatic carbocycles. The van der Waals surface area contributed by atoms with Crippen molar-refractivity contribution in [2.24, 2.45) is 0 Å². The summed E-state index contributed by atoms with van der Waals surface area (Å²) in [6.45, 7) is 6.43. The van der Waals surface area contributed by atoms with Gasteiger partial charge in [0, 0.05) is 31.1 Å². The Morgan fingerprint density at radius 2 is 2.23 bits per heavy atom. The molecule has 3 rings (SSSR count). The summed E-state index contributed by atoms with van der Waals surface area (Å²) in [7, 11) is -3.49. The minimum absolute atomic E-state index is 0.240. The standard InChI is InChI=1S/C15H20N2O3S2/c1-11-9-15(12(2)20-11)22(18,19)16-5-7-17-6-3-14-13(10-17)4-8-21-14/h4,8-9,16H,3,5-7,10H2,1-2H3. The summed E-state index contributed by atoms with van der Waals surface area (Å²) in [5.41, 5.74) is 1.38. The molecule has 0 spiro atoms. The predicted octanol–water partition coefficient (Wildman–Crippen LogP) is 2.29. The van der Waals surface area contributed by atoms with Crippen molar-refractivity contribution in [1.29, 1.82) is 0 Å². The molecule has 0 unspecified atom stereocenters. The van der Waals surface area contributed by atoms with E-state index in [2.05, 4.69) is 21.1 Å². The van der Waals surface area contributed by atoms with Crippen LogP contribution >= 0.6 is 11.3 Å². The molecule has 0 saturated carbocycles. The molecule has 7 heteroatoms. The average molecular weight is 340 g/mol. The van der Waals surface area contributed by atoms with Crippen LogP contribution in [-0.2, 0) is 23.0 Å². The molecule has 0 amide bonds. The van der Waals surface area contributed by atoms with Crippen molar-refractivity contribution in [2.75, 3.05) is 19.6 Å². The summed E-state index contributed by atoms with van der Waals surface area (Å²) in [6, 6.07) is 3.73. The summed E-state index contributed by atoms with van der Waals surface area (Å²) in [5.74, 6) is 1.05. The third-order valence-electron chi connectivity index (χ3n) is 3.89. The van der Waals surface area contributed by atoms with Crippen molar-refractivity contribution < 1.29 is 12.8 Å². The first-order valence-corrected chi connectivity index (χ1v) is 9.66. The lowest BCUT2D eigenvalue weighted by Gasteiger charge is -2.26. The molecule has 1 N–H and O–H groups in total. The van der Waals surface area contributed by atoms with Crippen LogP contribution in [0.1, 0.15) is 22.0 Å². The highest BCUT2D eigenvalue weighted by atomic mass is 32.2. The lowest BCUT2D eigenvalue weighted by Crippen LogP contribution is -2.37. The van der Waals surface area contributed by atoms with E-state index in [4.69, 9.17) is 4.42 Å². The normalized spacial score (nSPS) is 15.9. The zero-order valence-corrected chi connectivity index (χ0v) is 14.4. The molecule has 22 heavy (non-hydrogen) atoms. The molecular formula is C15H20N2O3S2. The quantitative estimate of drug-likeness (QED) is 0.907. The number of rotatable bonds is 5. The number of fused-ring (bicyclic) bond motifs is 1. The summed E-state index contributed by atoms with van der Waals surface area (Å²) >= 11 is 1.81. The van der Waals surface area contributed by atoms with Gasteiger partial charge in [0.1, 0.15) is 16.4 Å². The van der Waals surface area contributed by atoms with Gasteiger partial charge in [-0.1, -0.05) is 0 Å². The van der Waals surface area contributed by atoms with Gasteiger partial charge >= 0.3 is 0 Å². The van der Waals surface area contributed by atoms with Gasteiger partial charge in [0.05, 0.1) is 0 Å². The van der Waals surface area contributed by atoms with Crippen LogP contribution in [0.4, 0.5) is 0 Å². The molecule has 2 aromatic heterocycles. The molecule has 2 aromatic rings. The van der Waals surface area contributed by atoms with Gasteiger partial charge in [0.2, 0.25) is 10.0 Å². The molecule has 5 nitrogen and oxygen atoms in total. The van der Waals surface area contributed by atoms with Crippen molar-refractivity contribution >= 4 is 21.4 Å². The highest BCUT2D eigenvalue weighted by molar-refractivity contribution is 7.89. The Morgan fingerprint density at radius 3 is 2.95 bits per heavy atom. The minimum atomic E-state index is -3.49. The first-order chi connectivity index (χ1) is 10.5. The Morgan fingerprint density at radius 1 is 1.41 bits per heavy atom. The lowest BCUT2D eigenvalue weighted by molar-refractivity contribution is 0.260. The number of thiophene rings is 1. The Bertz CT molecular complexity index is 762. The van der Waals surface area contributed by atoms with Crippen molar-refractivity contribution in [3.63, 3.8) is 0 Å².